The van der Waals surface area contributed by atoms with Crippen LogP contribution in [0.3, 0.4) is 0 Å². The van der Waals surface area contributed by atoms with Crippen molar-refractivity contribution in [2.75, 3.05) is 27.3 Å². The molecule has 1 saturated heterocycles. The number of benzene rings is 1. The lowest BCUT2D eigenvalue weighted by atomic mass is 9.89. The minimum Gasteiger partial charge on any atom is -0.497 e. The fourth-order valence-electron chi connectivity index (χ4n) is 3.31. The van der Waals surface area contributed by atoms with Gasteiger partial charge in [0, 0.05) is 31.1 Å². The van der Waals surface area contributed by atoms with E-state index >= 15 is 0 Å². The summed E-state index contributed by atoms with van der Waals surface area (Å²) < 4.78 is 42.3. The van der Waals surface area contributed by atoms with E-state index in [0.29, 0.717) is 13.1 Å². The molecule has 11 heteroatoms. The maximum atomic E-state index is 11.7. The highest BCUT2D eigenvalue weighted by Gasteiger charge is 2.39. The first-order chi connectivity index (χ1) is 14.6. The van der Waals surface area contributed by atoms with Gasteiger partial charge in [0.2, 0.25) is 0 Å². The molecule has 1 aliphatic rings. The quantitative estimate of drug-likeness (QED) is 0.677. The van der Waals surface area contributed by atoms with Crippen molar-refractivity contribution in [3.05, 3.63) is 46.8 Å². The van der Waals surface area contributed by atoms with Crippen LogP contribution in [0.1, 0.15) is 17.0 Å². The third-order valence-corrected chi connectivity index (χ3v) is 5.70. The van der Waals surface area contributed by atoms with Crippen molar-refractivity contribution in [3.63, 3.8) is 0 Å². The minimum atomic E-state index is -5.08. The summed E-state index contributed by atoms with van der Waals surface area (Å²) in [5, 5.41) is 19.6. The Balaban J connectivity index is 0.000000423. The van der Waals surface area contributed by atoms with Crippen LogP contribution in [-0.2, 0) is 16.1 Å². The highest BCUT2D eigenvalue weighted by atomic mass is 32.1. The number of nitrogens with zero attached hydrogens (tertiary/aromatic N) is 1. The number of carbonyl (C=O) groups is 2. The van der Waals surface area contributed by atoms with Crippen molar-refractivity contribution in [1.29, 1.82) is 0 Å². The van der Waals surface area contributed by atoms with Gasteiger partial charge in [0.15, 0.2) is 5.06 Å². The van der Waals surface area contributed by atoms with Crippen LogP contribution in [0.15, 0.2) is 35.7 Å². The fourth-order valence-corrected chi connectivity index (χ4v) is 4.05. The van der Waals surface area contributed by atoms with Gasteiger partial charge in [0.05, 0.1) is 20.1 Å². The number of alkyl halides is 3. The average molecular weight is 461 g/mol. The number of carboxylic acid groups (broad SMARTS) is 2. The highest BCUT2D eigenvalue weighted by Crippen LogP contribution is 2.36. The van der Waals surface area contributed by atoms with E-state index < -0.39 is 24.0 Å². The third-order valence-electron chi connectivity index (χ3n) is 4.78. The van der Waals surface area contributed by atoms with Crippen molar-refractivity contribution in [3.8, 4) is 10.8 Å². The van der Waals surface area contributed by atoms with Crippen molar-refractivity contribution < 1.29 is 42.4 Å². The summed E-state index contributed by atoms with van der Waals surface area (Å²) >= 11 is 1.56. The lowest BCUT2D eigenvalue weighted by molar-refractivity contribution is -0.192. The number of carboxylic acids is 2. The Morgan fingerprint density at radius 3 is 2.19 bits per heavy atom. The molecule has 0 unspecified atom stereocenters. The topological polar surface area (TPSA) is 96.3 Å². The van der Waals surface area contributed by atoms with Gasteiger partial charge in [-0.05, 0) is 29.1 Å². The van der Waals surface area contributed by atoms with Gasteiger partial charge < -0.3 is 19.7 Å². The number of hydrogen-bond donors (Lipinski definition) is 2. The summed E-state index contributed by atoms with van der Waals surface area (Å²) in [5.41, 5.74) is 2.16. The molecule has 31 heavy (non-hydrogen) atoms. The molecular weight excluding hydrogens is 439 g/mol. The normalized spacial score (nSPS) is 18.7. The molecule has 170 valence electrons. The van der Waals surface area contributed by atoms with E-state index in [1.54, 1.807) is 25.6 Å². The van der Waals surface area contributed by atoms with Crippen LogP contribution in [0.2, 0.25) is 0 Å². The van der Waals surface area contributed by atoms with Gasteiger partial charge >= 0.3 is 18.1 Å². The number of methoxy groups -OCH3 is 2. The Labute approximate surface area is 180 Å². The zero-order chi connectivity index (χ0) is 23.2. The van der Waals surface area contributed by atoms with Crippen LogP contribution in [0, 0.1) is 5.92 Å². The Morgan fingerprint density at radius 2 is 1.71 bits per heavy atom. The van der Waals surface area contributed by atoms with Crippen LogP contribution in [-0.4, -0.2) is 60.5 Å². The molecule has 0 aliphatic carbocycles. The molecule has 0 saturated carbocycles. The third kappa shape index (κ3) is 6.59. The van der Waals surface area contributed by atoms with Crippen molar-refractivity contribution >= 4 is 23.3 Å². The summed E-state index contributed by atoms with van der Waals surface area (Å²) in [7, 11) is 3.29. The fraction of sp³-hybridized carbons (Fsp3) is 0.400. The molecule has 2 N–H and O–H groups in total. The van der Waals surface area contributed by atoms with Gasteiger partial charge in [-0.2, -0.15) is 13.2 Å². The van der Waals surface area contributed by atoms with Crippen LogP contribution in [0.25, 0.3) is 0 Å². The molecule has 0 bridgehead atoms. The van der Waals surface area contributed by atoms with Crippen molar-refractivity contribution in [1.82, 2.24) is 4.90 Å². The molecule has 3 rings (SSSR count). The zero-order valence-electron chi connectivity index (χ0n) is 16.8. The SMILES string of the molecule is COc1ccc([C@H]2CN(Cc3ccsc3OC)C[C@@H]2C(=O)O)cc1.O=C(O)C(F)(F)F. The highest BCUT2D eigenvalue weighted by molar-refractivity contribution is 7.12. The lowest BCUT2D eigenvalue weighted by Crippen LogP contribution is -2.23. The standard InChI is InChI=1S/C18H21NO4S.C2HF3O2/c1-22-14-5-3-12(4-6-14)15-10-19(11-16(15)17(20)21)9-13-7-8-24-18(13)23-2;3-2(4,5)1(6)7/h3-8,15-16H,9-11H2,1-2H3,(H,20,21);(H,6,7)/t15-,16+;/m1./s1. The minimum absolute atomic E-state index is 0.0157. The maximum Gasteiger partial charge on any atom is 0.490 e. The predicted molar refractivity (Wildman–Crippen MR) is 107 cm³/mol. The monoisotopic (exact) mass is 461 g/mol. The Kier molecular flexibility index (Phi) is 8.28. The lowest BCUT2D eigenvalue weighted by Gasteiger charge is -2.16. The van der Waals surface area contributed by atoms with E-state index in [1.165, 1.54) is 0 Å². The smallest absolute Gasteiger partial charge is 0.490 e. The van der Waals surface area contributed by atoms with Gasteiger partial charge in [0.25, 0.3) is 0 Å². The first-order valence-corrected chi connectivity index (χ1v) is 9.94. The van der Waals surface area contributed by atoms with Crippen molar-refractivity contribution in [2.24, 2.45) is 5.92 Å². The molecule has 7 nitrogen and oxygen atoms in total. The zero-order valence-corrected chi connectivity index (χ0v) is 17.6. The van der Waals surface area contributed by atoms with E-state index in [4.69, 9.17) is 19.4 Å². The average Bonchev–Trinajstić information content (AvgIpc) is 3.35. The van der Waals surface area contributed by atoms with Gasteiger partial charge in [-0.1, -0.05) is 12.1 Å². The first-order valence-electron chi connectivity index (χ1n) is 9.06. The molecule has 0 amide bonds. The van der Waals surface area contributed by atoms with E-state index in [2.05, 4.69) is 4.90 Å². The number of aliphatic carboxylic acids is 2. The molecule has 1 aromatic carbocycles. The Bertz CT molecular complexity index is 884. The van der Waals surface area contributed by atoms with Gasteiger partial charge in [-0.15, -0.1) is 11.3 Å². The molecule has 1 fully saturated rings. The van der Waals surface area contributed by atoms with E-state index in [9.17, 15) is 23.1 Å². The number of thiophene rings is 1. The first kappa shape index (κ1) is 24.5. The molecule has 2 aromatic rings. The largest absolute Gasteiger partial charge is 0.497 e. The predicted octanol–water partition coefficient (Wildman–Crippen LogP) is 3.70. The second kappa shape index (κ2) is 10.5. The summed E-state index contributed by atoms with van der Waals surface area (Å²) in [6.45, 7) is 1.98. The van der Waals surface area contributed by atoms with E-state index in [0.717, 1.165) is 28.5 Å². The molecular formula is C20H22F3NO6S. The van der Waals surface area contributed by atoms with E-state index in [-0.39, 0.29) is 5.92 Å². The number of halogens is 3. The Hall–Kier alpha value is -2.79. The Morgan fingerprint density at radius 1 is 1.10 bits per heavy atom. The van der Waals surface area contributed by atoms with Crippen LogP contribution in [0.4, 0.5) is 13.2 Å². The summed E-state index contributed by atoms with van der Waals surface area (Å²) in [4.78, 5) is 22.8. The summed E-state index contributed by atoms with van der Waals surface area (Å²) in [5.74, 6) is -3.13. The number of likely N-dealkylation sites (tertiary alicyclic amines) is 1. The van der Waals surface area contributed by atoms with Crippen LogP contribution in [0.5, 0.6) is 10.8 Å². The van der Waals surface area contributed by atoms with Crippen LogP contribution >= 0.6 is 11.3 Å². The van der Waals surface area contributed by atoms with E-state index in [1.807, 2.05) is 35.7 Å². The van der Waals surface area contributed by atoms with Crippen LogP contribution < -0.4 is 9.47 Å². The molecule has 2 atom stereocenters. The number of hydrogen-bond acceptors (Lipinski definition) is 6. The van der Waals surface area contributed by atoms with Gasteiger partial charge in [0.1, 0.15) is 5.75 Å². The molecule has 2 heterocycles. The number of rotatable bonds is 6. The second-order valence-corrected chi connectivity index (χ2v) is 7.64. The van der Waals surface area contributed by atoms with Gasteiger partial charge in [-0.3, -0.25) is 9.69 Å². The summed E-state index contributed by atoms with van der Waals surface area (Å²) in [6.07, 6.45) is -5.08. The summed E-state index contributed by atoms with van der Waals surface area (Å²) in [6, 6.07) is 9.75. The second-order valence-electron chi connectivity index (χ2n) is 6.76. The molecule has 0 radical (unpaired) electrons. The maximum absolute atomic E-state index is 11.7. The molecule has 0 spiro atoms. The molecule has 1 aromatic heterocycles. The van der Waals surface area contributed by atoms with Crippen molar-refractivity contribution in [2.45, 2.75) is 18.6 Å². The molecule has 1 aliphatic heterocycles. The van der Waals surface area contributed by atoms with Gasteiger partial charge in [-0.25, -0.2) is 4.79 Å². The number of ether oxygens (including phenoxy) is 2.